The highest BCUT2D eigenvalue weighted by atomic mass is 16.1. The molecular formula is C27H37N3O. The van der Waals surface area contributed by atoms with Gasteiger partial charge in [-0.3, -0.25) is 9.78 Å². The Morgan fingerprint density at radius 1 is 1.13 bits per heavy atom. The van der Waals surface area contributed by atoms with Crippen molar-refractivity contribution in [1.29, 1.82) is 0 Å². The van der Waals surface area contributed by atoms with Crippen molar-refractivity contribution in [3.8, 4) is 0 Å². The first-order chi connectivity index (χ1) is 14.8. The fraction of sp³-hybridized carbons (Fsp3) is 0.556. The summed E-state index contributed by atoms with van der Waals surface area (Å²) in [5.74, 6) is 0.0840. The third-order valence-corrected chi connectivity index (χ3v) is 7.23. The second-order valence-corrected chi connectivity index (χ2v) is 10.7. The molecule has 1 fully saturated rings. The number of amides is 1. The van der Waals surface area contributed by atoms with Gasteiger partial charge in [-0.2, -0.15) is 0 Å². The molecule has 0 radical (unpaired) electrons. The van der Waals surface area contributed by atoms with E-state index in [1.807, 2.05) is 12.1 Å². The third kappa shape index (κ3) is 5.35. The number of pyridine rings is 1. The van der Waals surface area contributed by atoms with Crippen LogP contribution in [0, 0.1) is 5.41 Å². The zero-order valence-electron chi connectivity index (χ0n) is 19.4. The van der Waals surface area contributed by atoms with Crippen LogP contribution in [0.2, 0.25) is 0 Å². The molecule has 2 aliphatic rings. The van der Waals surface area contributed by atoms with Gasteiger partial charge in [-0.1, -0.05) is 51.1 Å². The van der Waals surface area contributed by atoms with Crippen molar-refractivity contribution in [2.24, 2.45) is 5.41 Å². The maximum absolute atomic E-state index is 12.7. The lowest BCUT2D eigenvalue weighted by Gasteiger charge is -2.47. The first-order valence-corrected chi connectivity index (χ1v) is 11.8. The first kappa shape index (κ1) is 22.0. The van der Waals surface area contributed by atoms with E-state index in [2.05, 4.69) is 60.2 Å². The van der Waals surface area contributed by atoms with E-state index >= 15 is 0 Å². The van der Waals surface area contributed by atoms with E-state index in [0.29, 0.717) is 11.8 Å². The number of hydrogen-bond donors (Lipinski definition) is 1. The topological polar surface area (TPSA) is 45.2 Å². The molecule has 2 aromatic rings. The predicted molar refractivity (Wildman–Crippen MR) is 126 cm³/mol. The van der Waals surface area contributed by atoms with Gasteiger partial charge in [-0.25, -0.2) is 0 Å². The fourth-order valence-electron chi connectivity index (χ4n) is 5.30. The molecule has 1 aliphatic carbocycles. The van der Waals surface area contributed by atoms with Gasteiger partial charge in [0.05, 0.1) is 12.5 Å². The summed E-state index contributed by atoms with van der Waals surface area (Å²) in [6.07, 6.45) is 9.80. The van der Waals surface area contributed by atoms with Crippen molar-refractivity contribution >= 4 is 5.91 Å². The van der Waals surface area contributed by atoms with E-state index in [1.54, 1.807) is 12.4 Å². The molecule has 1 spiro atoms. The minimum absolute atomic E-state index is 0.0840. The van der Waals surface area contributed by atoms with Crippen LogP contribution in [-0.2, 0) is 16.6 Å². The third-order valence-electron chi connectivity index (χ3n) is 7.23. The van der Waals surface area contributed by atoms with Crippen LogP contribution >= 0.6 is 0 Å². The Hall–Kier alpha value is -2.20. The number of piperidine rings is 1. The second-order valence-electron chi connectivity index (χ2n) is 10.7. The van der Waals surface area contributed by atoms with E-state index in [9.17, 15) is 4.79 Å². The van der Waals surface area contributed by atoms with E-state index in [1.165, 1.54) is 50.0 Å². The van der Waals surface area contributed by atoms with Crippen LogP contribution in [0.3, 0.4) is 0 Å². The fourth-order valence-corrected chi connectivity index (χ4v) is 5.30. The molecule has 2 heterocycles. The second kappa shape index (κ2) is 9.12. The molecule has 1 amide bonds. The van der Waals surface area contributed by atoms with E-state index in [4.69, 9.17) is 0 Å². The predicted octanol–water partition coefficient (Wildman–Crippen LogP) is 5.05. The van der Waals surface area contributed by atoms with Crippen LogP contribution in [-0.4, -0.2) is 35.4 Å². The number of fused-ring (bicyclic) bond motifs is 2. The van der Waals surface area contributed by atoms with E-state index < -0.39 is 0 Å². The van der Waals surface area contributed by atoms with Crippen molar-refractivity contribution in [3.63, 3.8) is 0 Å². The SMILES string of the molecule is CC(C)(C)CCN1CCC2(CC[C@H](NC(=O)Cc3cccnc3)c3ccccc32)CC1. The molecule has 1 atom stereocenters. The van der Waals surface area contributed by atoms with Crippen LogP contribution in [0.4, 0.5) is 0 Å². The van der Waals surface area contributed by atoms with Crippen molar-refractivity contribution in [3.05, 3.63) is 65.5 Å². The molecule has 1 saturated heterocycles. The molecule has 1 N–H and O–H groups in total. The van der Waals surface area contributed by atoms with Gasteiger partial charge >= 0.3 is 0 Å². The molecule has 4 rings (SSSR count). The van der Waals surface area contributed by atoms with Gasteiger partial charge in [0.1, 0.15) is 0 Å². The van der Waals surface area contributed by atoms with Gasteiger partial charge in [-0.05, 0) is 85.3 Å². The lowest BCUT2D eigenvalue weighted by molar-refractivity contribution is -0.121. The van der Waals surface area contributed by atoms with Crippen LogP contribution in [0.15, 0.2) is 48.8 Å². The lowest BCUT2D eigenvalue weighted by Crippen LogP contribution is -2.46. The van der Waals surface area contributed by atoms with Gasteiger partial charge in [0, 0.05) is 12.4 Å². The molecule has 4 heteroatoms. The number of nitrogens with zero attached hydrogens (tertiary/aromatic N) is 2. The van der Waals surface area contributed by atoms with Gasteiger partial charge < -0.3 is 10.2 Å². The summed E-state index contributed by atoms with van der Waals surface area (Å²) in [4.78, 5) is 19.5. The Kier molecular flexibility index (Phi) is 6.47. The number of nitrogens with one attached hydrogen (secondary N) is 1. The summed E-state index contributed by atoms with van der Waals surface area (Å²) in [5.41, 5.74) is 4.44. The monoisotopic (exact) mass is 419 g/mol. The zero-order valence-corrected chi connectivity index (χ0v) is 19.4. The number of carbonyl (C=O) groups excluding carboxylic acids is 1. The van der Waals surface area contributed by atoms with Gasteiger partial charge in [0.25, 0.3) is 0 Å². The number of likely N-dealkylation sites (tertiary alicyclic amines) is 1. The molecule has 1 aromatic carbocycles. The molecule has 1 aromatic heterocycles. The van der Waals surface area contributed by atoms with E-state index in [-0.39, 0.29) is 17.4 Å². The first-order valence-electron chi connectivity index (χ1n) is 11.8. The normalized spacial score (nSPS) is 20.9. The maximum atomic E-state index is 12.7. The number of hydrogen-bond acceptors (Lipinski definition) is 3. The molecule has 166 valence electrons. The minimum Gasteiger partial charge on any atom is -0.349 e. The van der Waals surface area contributed by atoms with Crippen molar-refractivity contribution in [2.75, 3.05) is 19.6 Å². The molecule has 4 nitrogen and oxygen atoms in total. The Morgan fingerprint density at radius 2 is 1.90 bits per heavy atom. The van der Waals surface area contributed by atoms with Crippen LogP contribution < -0.4 is 5.32 Å². The summed E-state index contributed by atoms with van der Waals surface area (Å²) in [5, 5.41) is 3.31. The molecule has 0 bridgehead atoms. The molecule has 1 aliphatic heterocycles. The van der Waals surface area contributed by atoms with Crippen molar-refractivity contribution < 1.29 is 4.79 Å². The van der Waals surface area contributed by atoms with Gasteiger partial charge in [0.2, 0.25) is 5.91 Å². The number of carbonyl (C=O) groups is 1. The number of rotatable bonds is 5. The largest absolute Gasteiger partial charge is 0.349 e. The lowest BCUT2D eigenvalue weighted by atomic mass is 9.63. The quantitative estimate of drug-likeness (QED) is 0.738. The highest BCUT2D eigenvalue weighted by Gasteiger charge is 2.42. The molecular weight excluding hydrogens is 382 g/mol. The summed E-state index contributed by atoms with van der Waals surface area (Å²) < 4.78 is 0. The Labute approximate surface area is 187 Å². The van der Waals surface area contributed by atoms with E-state index in [0.717, 1.165) is 18.4 Å². The summed E-state index contributed by atoms with van der Waals surface area (Å²) in [6, 6.07) is 12.8. The molecule has 31 heavy (non-hydrogen) atoms. The standard InChI is InChI=1S/C27H37N3O/c1-26(2,3)12-16-30-17-13-27(14-18-30)11-10-24(22-8-4-5-9-23(22)27)29-25(31)19-21-7-6-15-28-20-21/h4-9,15,20,24H,10-14,16-19H2,1-3H3,(H,29,31)/t24-/m0/s1. The van der Waals surface area contributed by atoms with Gasteiger partial charge in [0.15, 0.2) is 0 Å². The van der Waals surface area contributed by atoms with Gasteiger partial charge in [-0.15, -0.1) is 0 Å². The highest BCUT2D eigenvalue weighted by Crippen LogP contribution is 2.48. The van der Waals surface area contributed by atoms with Crippen molar-refractivity contribution in [1.82, 2.24) is 15.2 Å². The zero-order chi connectivity index (χ0) is 21.9. The van der Waals surface area contributed by atoms with Crippen LogP contribution in [0.1, 0.15) is 75.6 Å². The molecule has 0 unspecified atom stereocenters. The summed E-state index contributed by atoms with van der Waals surface area (Å²) in [6.45, 7) is 10.6. The highest BCUT2D eigenvalue weighted by molar-refractivity contribution is 5.79. The number of aromatic nitrogens is 1. The average Bonchev–Trinajstić information content (AvgIpc) is 2.76. The Bertz CT molecular complexity index is 879. The van der Waals surface area contributed by atoms with Crippen molar-refractivity contribution in [2.45, 2.75) is 70.8 Å². The summed E-state index contributed by atoms with van der Waals surface area (Å²) >= 11 is 0. The van der Waals surface area contributed by atoms with Crippen LogP contribution in [0.5, 0.6) is 0 Å². The van der Waals surface area contributed by atoms with Crippen LogP contribution in [0.25, 0.3) is 0 Å². The number of benzene rings is 1. The maximum Gasteiger partial charge on any atom is 0.224 e. The average molecular weight is 420 g/mol. The Balaban J connectivity index is 1.42. The smallest absolute Gasteiger partial charge is 0.224 e. The summed E-state index contributed by atoms with van der Waals surface area (Å²) in [7, 11) is 0. The minimum atomic E-state index is 0.0840. The molecule has 0 saturated carbocycles. The Morgan fingerprint density at radius 3 is 2.61 bits per heavy atom.